The Labute approximate surface area is 144 Å². The molecule has 24 heavy (non-hydrogen) atoms. The SMILES string of the molecule is CCNC(=NCCCCNc1ccccn1)NC1CCS(=O)(=O)C1. The summed E-state index contributed by atoms with van der Waals surface area (Å²) in [6, 6.07) is 5.77. The Hall–Kier alpha value is -1.83. The maximum Gasteiger partial charge on any atom is 0.191 e. The number of aliphatic imine (C=N–C) groups is 1. The van der Waals surface area contributed by atoms with Crippen molar-refractivity contribution >= 4 is 21.6 Å². The minimum absolute atomic E-state index is 0.0291. The van der Waals surface area contributed by atoms with Gasteiger partial charge in [0, 0.05) is 31.9 Å². The molecule has 7 nitrogen and oxygen atoms in total. The normalized spacial score (nSPS) is 19.9. The average Bonchev–Trinajstić information content (AvgIpc) is 2.90. The number of unbranched alkanes of at least 4 members (excludes halogenated alkanes) is 1. The molecule has 1 atom stereocenters. The third kappa shape index (κ3) is 6.74. The summed E-state index contributed by atoms with van der Waals surface area (Å²) in [6.45, 7) is 4.32. The van der Waals surface area contributed by atoms with Crippen LogP contribution < -0.4 is 16.0 Å². The number of anilines is 1. The van der Waals surface area contributed by atoms with Gasteiger partial charge >= 0.3 is 0 Å². The average molecular weight is 353 g/mol. The summed E-state index contributed by atoms with van der Waals surface area (Å²) in [5, 5.41) is 9.66. The van der Waals surface area contributed by atoms with Gasteiger partial charge in [-0.25, -0.2) is 13.4 Å². The van der Waals surface area contributed by atoms with Gasteiger partial charge in [0.25, 0.3) is 0 Å². The first-order chi connectivity index (χ1) is 11.6. The summed E-state index contributed by atoms with van der Waals surface area (Å²) < 4.78 is 23.0. The third-order valence-electron chi connectivity index (χ3n) is 3.74. The van der Waals surface area contributed by atoms with Gasteiger partial charge in [-0.3, -0.25) is 4.99 Å². The van der Waals surface area contributed by atoms with Gasteiger partial charge in [-0.2, -0.15) is 0 Å². The Balaban J connectivity index is 1.67. The molecule has 8 heteroatoms. The lowest BCUT2D eigenvalue weighted by Crippen LogP contribution is -2.44. The van der Waals surface area contributed by atoms with E-state index in [-0.39, 0.29) is 17.5 Å². The summed E-state index contributed by atoms with van der Waals surface area (Å²) in [5.74, 6) is 2.06. The van der Waals surface area contributed by atoms with Crippen LogP contribution in [-0.4, -0.2) is 56.5 Å². The summed E-state index contributed by atoms with van der Waals surface area (Å²) in [4.78, 5) is 8.74. The minimum Gasteiger partial charge on any atom is -0.370 e. The highest BCUT2D eigenvalue weighted by molar-refractivity contribution is 7.91. The van der Waals surface area contributed by atoms with Gasteiger partial charge in [-0.15, -0.1) is 0 Å². The maximum atomic E-state index is 11.5. The topological polar surface area (TPSA) is 95.5 Å². The zero-order valence-electron chi connectivity index (χ0n) is 14.2. The van der Waals surface area contributed by atoms with Crippen LogP contribution in [0, 0.1) is 0 Å². The smallest absolute Gasteiger partial charge is 0.191 e. The van der Waals surface area contributed by atoms with E-state index < -0.39 is 9.84 Å². The molecule has 0 radical (unpaired) electrons. The molecule has 0 aromatic carbocycles. The van der Waals surface area contributed by atoms with Crippen LogP contribution in [0.2, 0.25) is 0 Å². The van der Waals surface area contributed by atoms with Crippen molar-refractivity contribution in [3.8, 4) is 0 Å². The predicted molar refractivity (Wildman–Crippen MR) is 98.1 cm³/mol. The van der Waals surface area contributed by atoms with Crippen molar-refractivity contribution in [3.05, 3.63) is 24.4 Å². The van der Waals surface area contributed by atoms with E-state index in [0.717, 1.165) is 31.7 Å². The van der Waals surface area contributed by atoms with E-state index in [1.54, 1.807) is 6.20 Å². The van der Waals surface area contributed by atoms with Gasteiger partial charge in [0.15, 0.2) is 15.8 Å². The fourth-order valence-electron chi connectivity index (χ4n) is 2.53. The van der Waals surface area contributed by atoms with Crippen LogP contribution >= 0.6 is 0 Å². The highest BCUT2D eigenvalue weighted by atomic mass is 32.2. The van der Waals surface area contributed by atoms with E-state index in [0.29, 0.717) is 18.9 Å². The molecule has 1 aliphatic rings. The first-order valence-electron chi connectivity index (χ1n) is 8.49. The number of hydrogen-bond acceptors (Lipinski definition) is 5. The van der Waals surface area contributed by atoms with Crippen molar-refractivity contribution in [1.29, 1.82) is 0 Å². The second kappa shape index (κ2) is 9.46. The second-order valence-electron chi connectivity index (χ2n) is 5.85. The molecule has 1 aliphatic heterocycles. The molecule has 0 spiro atoms. The molecule has 1 fully saturated rings. The fourth-order valence-corrected chi connectivity index (χ4v) is 4.21. The largest absolute Gasteiger partial charge is 0.370 e. The van der Waals surface area contributed by atoms with Crippen LogP contribution in [0.5, 0.6) is 0 Å². The third-order valence-corrected chi connectivity index (χ3v) is 5.51. The van der Waals surface area contributed by atoms with E-state index >= 15 is 0 Å². The quantitative estimate of drug-likeness (QED) is 0.367. The Bertz CT molecular complexity index is 619. The predicted octanol–water partition coefficient (Wildman–Crippen LogP) is 1.02. The zero-order chi connectivity index (χ0) is 17.3. The lowest BCUT2D eigenvalue weighted by atomic mass is 10.3. The highest BCUT2D eigenvalue weighted by Crippen LogP contribution is 2.11. The number of sulfone groups is 1. The van der Waals surface area contributed by atoms with Crippen molar-refractivity contribution in [2.24, 2.45) is 4.99 Å². The maximum absolute atomic E-state index is 11.5. The fraction of sp³-hybridized carbons (Fsp3) is 0.625. The summed E-state index contributed by atoms with van der Waals surface area (Å²) in [7, 11) is -2.87. The molecular formula is C16H27N5O2S. The highest BCUT2D eigenvalue weighted by Gasteiger charge is 2.28. The van der Waals surface area contributed by atoms with Crippen LogP contribution in [0.25, 0.3) is 0 Å². The van der Waals surface area contributed by atoms with Crippen molar-refractivity contribution in [2.45, 2.75) is 32.2 Å². The van der Waals surface area contributed by atoms with Gasteiger partial charge in [-0.1, -0.05) is 6.07 Å². The first kappa shape index (κ1) is 18.5. The molecule has 3 N–H and O–H groups in total. The van der Waals surface area contributed by atoms with Crippen LogP contribution in [-0.2, 0) is 9.84 Å². The van der Waals surface area contributed by atoms with Crippen molar-refractivity contribution in [2.75, 3.05) is 36.5 Å². The van der Waals surface area contributed by atoms with E-state index in [2.05, 4.69) is 25.9 Å². The molecule has 1 aromatic heterocycles. The molecule has 2 rings (SSSR count). The number of aromatic nitrogens is 1. The number of guanidine groups is 1. The molecule has 134 valence electrons. The number of nitrogens with one attached hydrogen (secondary N) is 3. The molecule has 1 aromatic rings. The van der Waals surface area contributed by atoms with E-state index in [1.165, 1.54) is 0 Å². The molecule has 1 saturated heterocycles. The lowest BCUT2D eigenvalue weighted by molar-refractivity contribution is 0.599. The Kier molecular flexibility index (Phi) is 7.30. The van der Waals surface area contributed by atoms with Gasteiger partial charge in [0.05, 0.1) is 11.5 Å². The molecular weight excluding hydrogens is 326 g/mol. The molecule has 0 bridgehead atoms. The Morgan fingerprint density at radius 2 is 2.25 bits per heavy atom. The lowest BCUT2D eigenvalue weighted by Gasteiger charge is -2.15. The summed E-state index contributed by atoms with van der Waals surface area (Å²) in [6.07, 6.45) is 4.38. The van der Waals surface area contributed by atoms with Crippen molar-refractivity contribution in [1.82, 2.24) is 15.6 Å². The molecule has 0 saturated carbocycles. The Morgan fingerprint density at radius 3 is 2.92 bits per heavy atom. The van der Waals surface area contributed by atoms with Crippen LogP contribution in [0.1, 0.15) is 26.2 Å². The van der Waals surface area contributed by atoms with Crippen LogP contribution in [0.15, 0.2) is 29.4 Å². The molecule has 0 amide bonds. The van der Waals surface area contributed by atoms with Crippen molar-refractivity contribution in [3.63, 3.8) is 0 Å². The van der Waals surface area contributed by atoms with Crippen LogP contribution in [0.3, 0.4) is 0 Å². The minimum atomic E-state index is -2.87. The molecule has 1 unspecified atom stereocenters. The monoisotopic (exact) mass is 353 g/mol. The van der Waals surface area contributed by atoms with Gasteiger partial charge in [0.1, 0.15) is 5.82 Å². The Morgan fingerprint density at radius 1 is 1.38 bits per heavy atom. The number of nitrogens with zero attached hydrogens (tertiary/aromatic N) is 2. The van der Waals surface area contributed by atoms with Gasteiger partial charge in [0.2, 0.25) is 0 Å². The second-order valence-corrected chi connectivity index (χ2v) is 8.08. The number of rotatable bonds is 8. The van der Waals surface area contributed by atoms with E-state index in [4.69, 9.17) is 0 Å². The summed E-state index contributed by atoms with van der Waals surface area (Å²) in [5.41, 5.74) is 0. The first-order valence-corrected chi connectivity index (χ1v) is 10.3. The van der Waals surface area contributed by atoms with E-state index in [9.17, 15) is 8.42 Å². The van der Waals surface area contributed by atoms with E-state index in [1.807, 2.05) is 25.1 Å². The summed E-state index contributed by atoms with van der Waals surface area (Å²) >= 11 is 0. The van der Waals surface area contributed by atoms with Gasteiger partial charge in [-0.05, 0) is 38.3 Å². The number of pyridine rings is 1. The number of hydrogen-bond donors (Lipinski definition) is 3. The molecule has 2 heterocycles. The van der Waals surface area contributed by atoms with Crippen LogP contribution in [0.4, 0.5) is 5.82 Å². The standard InChI is InChI=1S/C16H27N5O2S/c1-2-17-16(21-14-8-12-24(22,23)13-14)20-11-6-5-10-19-15-7-3-4-9-18-15/h3-4,7,9,14H,2,5-6,8,10-13H2,1H3,(H,18,19)(H2,17,20,21). The van der Waals surface area contributed by atoms with Gasteiger partial charge < -0.3 is 16.0 Å². The van der Waals surface area contributed by atoms with Crippen molar-refractivity contribution < 1.29 is 8.42 Å². The zero-order valence-corrected chi connectivity index (χ0v) is 15.0. The molecule has 0 aliphatic carbocycles.